The van der Waals surface area contributed by atoms with Gasteiger partial charge in [-0.25, -0.2) is 0 Å². The number of aromatic nitrogens is 1. The molecule has 5 heteroatoms. The molecule has 1 atom stereocenters. The van der Waals surface area contributed by atoms with Crippen molar-refractivity contribution in [2.75, 3.05) is 0 Å². The molecule has 1 aromatic heterocycles. The minimum Gasteiger partial charge on any atom is -0.491 e. The Bertz CT molecular complexity index is 267. The highest BCUT2D eigenvalue weighted by Crippen LogP contribution is 2.18. The van der Waals surface area contributed by atoms with Gasteiger partial charge in [0.15, 0.2) is 5.76 Å². The summed E-state index contributed by atoms with van der Waals surface area (Å²) in [7, 11) is 0. The third-order valence-corrected chi connectivity index (χ3v) is 1.31. The van der Waals surface area contributed by atoms with Gasteiger partial charge in [0.05, 0.1) is 0 Å². The number of carboxylic acids is 1. The van der Waals surface area contributed by atoms with Crippen LogP contribution in [0.25, 0.3) is 0 Å². The Balaban J connectivity index is 2.84. The first-order valence-corrected chi connectivity index (χ1v) is 2.99. The molecule has 1 aromatic rings. The summed E-state index contributed by atoms with van der Waals surface area (Å²) in [6.07, 6.45) is 0. The number of nitrogens with zero attached hydrogens (tertiary/aromatic N) is 1. The van der Waals surface area contributed by atoms with Crippen LogP contribution in [-0.4, -0.2) is 21.3 Å². The second kappa shape index (κ2) is 2.61. The van der Waals surface area contributed by atoms with Crippen molar-refractivity contribution in [3.05, 3.63) is 11.8 Å². The number of aromatic hydroxyl groups is 1. The summed E-state index contributed by atoms with van der Waals surface area (Å²) in [4.78, 5) is 10.3. The SMILES string of the molecule is CC(C(=O)O)c1cc(O)no1. The van der Waals surface area contributed by atoms with Crippen LogP contribution in [0, 0.1) is 0 Å². The van der Waals surface area contributed by atoms with Crippen molar-refractivity contribution in [2.24, 2.45) is 0 Å². The molecule has 0 aliphatic carbocycles. The Labute approximate surface area is 62.2 Å². The van der Waals surface area contributed by atoms with Crippen molar-refractivity contribution in [1.29, 1.82) is 0 Å². The van der Waals surface area contributed by atoms with Crippen molar-refractivity contribution in [1.82, 2.24) is 5.16 Å². The molecule has 1 rings (SSSR count). The molecule has 0 aliphatic heterocycles. The molecule has 60 valence electrons. The summed E-state index contributed by atoms with van der Waals surface area (Å²) < 4.78 is 4.51. The van der Waals surface area contributed by atoms with Crippen molar-refractivity contribution in [3.8, 4) is 5.88 Å². The lowest BCUT2D eigenvalue weighted by Crippen LogP contribution is -2.05. The fraction of sp³-hybridized carbons (Fsp3) is 0.333. The Morgan fingerprint density at radius 3 is 2.82 bits per heavy atom. The van der Waals surface area contributed by atoms with Gasteiger partial charge in [-0.1, -0.05) is 0 Å². The van der Waals surface area contributed by atoms with Gasteiger partial charge in [0.1, 0.15) is 5.92 Å². The highest BCUT2D eigenvalue weighted by molar-refractivity contribution is 5.74. The van der Waals surface area contributed by atoms with E-state index in [0.29, 0.717) is 0 Å². The van der Waals surface area contributed by atoms with Gasteiger partial charge < -0.3 is 14.7 Å². The van der Waals surface area contributed by atoms with Gasteiger partial charge in [0.25, 0.3) is 5.88 Å². The van der Waals surface area contributed by atoms with Crippen LogP contribution in [-0.2, 0) is 4.79 Å². The number of rotatable bonds is 2. The number of hydrogen-bond donors (Lipinski definition) is 2. The van der Waals surface area contributed by atoms with E-state index in [1.807, 2.05) is 0 Å². The number of aliphatic carboxylic acids is 1. The van der Waals surface area contributed by atoms with Crippen LogP contribution in [0.2, 0.25) is 0 Å². The summed E-state index contributed by atoms with van der Waals surface area (Å²) >= 11 is 0. The Hall–Kier alpha value is -1.52. The second-order valence-corrected chi connectivity index (χ2v) is 2.15. The maximum Gasteiger partial charge on any atom is 0.314 e. The predicted octanol–water partition coefficient (Wildman–Crippen LogP) is 0.568. The summed E-state index contributed by atoms with van der Waals surface area (Å²) in [5.41, 5.74) is 0. The van der Waals surface area contributed by atoms with Crippen LogP contribution < -0.4 is 0 Å². The minimum atomic E-state index is -1.01. The Morgan fingerprint density at radius 2 is 2.45 bits per heavy atom. The molecule has 0 spiro atoms. The average Bonchev–Trinajstić information content (AvgIpc) is 2.34. The van der Waals surface area contributed by atoms with Crippen LogP contribution in [0.15, 0.2) is 10.6 Å². The predicted molar refractivity (Wildman–Crippen MR) is 34.2 cm³/mol. The highest BCUT2D eigenvalue weighted by atomic mass is 16.5. The largest absolute Gasteiger partial charge is 0.491 e. The molecule has 0 bridgehead atoms. The molecule has 0 aliphatic rings. The molecule has 0 amide bonds. The Kier molecular flexibility index (Phi) is 1.80. The second-order valence-electron chi connectivity index (χ2n) is 2.15. The van der Waals surface area contributed by atoms with Crippen molar-refractivity contribution in [3.63, 3.8) is 0 Å². The lowest BCUT2D eigenvalue weighted by molar-refractivity contribution is -0.138. The molecule has 0 fully saturated rings. The molecule has 11 heavy (non-hydrogen) atoms. The van der Waals surface area contributed by atoms with Gasteiger partial charge >= 0.3 is 5.97 Å². The fourth-order valence-corrected chi connectivity index (χ4v) is 0.605. The maximum atomic E-state index is 10.3. The smallest absolute Gasteiger partial charge is 0.314 e. The minimum absolute atomic E-state index is 0.148. The van der Waals surface area contributed by atoms with E-state index in [9.17, 15) is 4.79 Å². The molecule has 0 saturated carbocycles. The summed E-state index contributed by atoms with van der Waals surface area (Å²) in [6.45, 7) is 1.45. The zero-order valence-electron chi connectivity index (χ0n) is 5.81. The molecule has 1 heterocycles. The van der Waals surface area contributed by atoms with Crippen molar-refractivity contribution in [2.45, 2.75) is 12.8 Å². The van der Waals surface area contributed by atoms with Crippen molar-refractivity contribution >= 4 is 5.97 Å². The van der Waals surface area contributed by atoms with Gasteiger partial charge in [-0.3, -0.25) is 4.79 Å². The Morgan fingerprint density at radius 1 is 1.82 bits per heavy atom. The molecule has 0 saturated heterocycles. The third kappa shape index (κ3) is 1.49. The molecule has 0 radical (unpaired) electrons. The van der Waals surface area contributed by atoms with E-state index < -0.39 is 11.9 Å². The van der Waals surface area contributed by atoms with Crippen LogP contribution >= 0.6 is 0 Å². The zero-order valence-corrected chi connectivity index (χ0v) is 5.81. The zero-order chi connectivity index (χ0) is 8.43. The van der Waals surface area contributed by atoms with Gasteiger partial charge in [0.2, 0.25) is 0 Å². The van der Waals surface area contributed by atoms with E-state index >= 15 is 0 Å². The first-order chi connectivity index (χ1) is 5.11. The monoisotopic (exact) mass is 157 g/mol. The lowest BCUT2D eigenvalue weighted by atomic mass is 10.1. The van der Waals surface area contributed by atoms with E-state index in [0.717, 1.165) is 0 Å². The summed E-state index contributed by atoms with van der Waals surface area (Å²) in [5.74, 6) is -1.94. The van der Waals surface area contributed by atoms with Crippen molar-refractivity contribution < 1.29 is 19.5 Å². The lowest BCUT2D eigenvalue weighted by Gasteiger charge is -1.97. The van der Waals surface area contributed by atoms with Gasteiger partial charge in [-0.05, 0) is 12.1 Å². The molecule has 5 nitrogen and oxygen atoms in total. The highest BCUT2D eigenvalue weighted by Gasteiger charge is 2.18. The molecule has 2 N–H and O–H groups in total. The average molecular weight is 157 g/mol. The number of carbonyl (C=O) groups is 1. The van der Waals surface area contributed by atoms with E-state index in [2.05, 4.69) is 9.68 Å². The fourth-order valence-electron chi connectivity index (χ4n) is 0.605. The topological polar surface area (TPSA) is 83.6 Å². The quantitative estimate of drug-likeness (QED) is 0.655. The van der Waals surface area contributed by atoms with E-state index in [4.69, 9.17) is 10.2 Å². The number of hydrogen-bond acceptors (Lipinski definition) is 4. The summed E-state index contributed by atoms with van der Waals surface area (Å²) in [6, 6.07) is 1.18. The molecular weight excluding hydrogens is 150 g/mol. The normalized spacial score (nSPS) is 12.8. The third-order valence-electron chi connectivity index (χ3n) is 1.31. The van der Waals surface area contributed by atoms with Gasteiger partial charge in [0, 0.05) is 6.07 Å². The number of carboxylic acid groups (broad SMARTS) is 1. The molecule has 1 unspecified atom stereocenters. The van der Waals surface area contributed by atoms with Crippen LogP contribution in [0.3, 0.4) is 0 Å². The van der Waals surface area contributed by atoms with E-state index in [-0.39, 0.29) is 11.6 Å². The standard InChI is InChI=1S/C6H7NO4/c1-3(6(9)10)4-2-5(8)7-11-4/h2-3H,1H3,(H,7,8)(H,9,10). The van der Waals surface area contributed by atoms with Gasteiger partial charge in [-0.2, -0.15) is 0 Å². The van der Waals surface area contributed by atoms with E-state index in [1.54, 1.807) is 0 Å². The van der Waals surface area contributed by atoms with Crippen LogP contribution in [0.4, 0.5) is 0 Å². The van der Waals surface area contributed by atoms with Crippen LogP contribution in [0.5, 0.6) is 5.88 Å². The van der Waals surface area contributed by atoms with Crippen LogP contribution in [0.1, 0.15) is 18.6 Å². The maximum absolute atomic E-state index is 10.3. The first kappa shape index (κ1) is 7.59. The first-order valence-electron chi connectivity index (χ1n) is 2.99. The van der Waals surface area contributed by atoms with E-state index in [1.165, 1.54) is 13.0 Å². The molecule has 0 aromatic carbocycles. The summed E-state index contributed by atoms with van der Waals surface area (Å²) in [5, 5.41) is 20.3. The molecular formula is C6H7NO4. The van der Waals surface area contributed by atoms with Gasteiger partial charge in [-0.15, -0.1) is 0 Å².